The fraction of sp³-hybridized carbons (Fsp3) is 0.200. The molecule has 0 saturated carbocycles. The molecule has 0 spiro atoms. The van der Waals surface area contributed by atoms with Crippen LogP contribution in [0.15, 0.2) is 30.3 Å². The molecule has 1 aromatic carbocycles. The summed E-state index contributed by atoms with van der Waals surface area (Å²) in [6.45, 7) is 3.87. The lowest BCUT2D eigenvalue weighted by Gasteiger charge is -2.08. The summed E-state index contributed by atoms with van der Waals surface area (Å²) in [4.78, 5) is 16.1. The molecule has 2 aromatic rings. The van der Waals surface area contributed by atoms with E-state index in [1.165, 1.54) is 0 Å². The molecule has 5 heteroatoms. The first-order valence-electron chi connectivity index (χ1n) is 6.13. The molecule has 2 rings (SSSR count). The van der Waals surface area contributed by atoms with Crippen LogP contribution in [0.1, 0.15) is 23.0 Å². The number of carbonyl (C=O) groups excluding carboxylic acids is 1. The van der Waals surface area contributed by atoms with E-state index in [-0.39, 0.29) is 5.97 Å². The largest absolute Gasteiger partial charge is 0.462 e. The van der Waals surface area contributed by atoms with Crippen LogP contribution in [0.3, 0.4) is 0 Å². The van der Waals surface area contributed by atoms with Gasteiger partial charge in [0, 0.05) is 10.6 Å². The summed E-state index contributed by atoms with van der Waals surface area (Å²) in [5, 5.41) is 1.09. The van der Waals surface area contributed by atoms with Gasteiger partial charge in [0.2, 0.25) is 0 Å². The van der Waals surface area contributed by atoms with E-state index in [1.807, 2.05) is 0 Å². The third-order valence-electron chi connectivity index (χ3n) is 2.79. The van der Waals surface area contributed by atoms with Gasteiger partial charge in [0.1, 0.15) is 0 Å². The summed E-state index contributed by atoms with van der Waals surface area (Å²) in [6, 6.07) is 8.65. The minimum Gasteiger partial charge on any atom is -0.462 e. The van der Waals surface area contributed by atoms with Crippen molar-refractivity contribution in [1.82, 2.24) is 4.98 Å². The number of halogens is 2. The normalized spacial score (nSPS) is 10.4. The van der Waals surface area contributed by atoms with Gasteiger partial charge < -0.3 is 4.74 Å². The molecule has 0 N–H and O–H groups in total. The van der Waals surface area contributed by atoms with Crippen LogP contribution in [-0.2, 0) is 4.74 Å². The molecular formula is C15H13Cl2NO2. The topological polar surface area (TPSA) is 39.2 Å². The summed E-state index contributed by atoms with van der Waals surface area (Å²) in [7, 11) is 0. The number of esters is 1. The van der Waals surface area contributed by atoms with E-state index in [9.17, 15) is 4.79 Å². The lowest BCUT2D eigenvalue weighted by atomic mass is 10.1. The minimum atomic E-state index is -0.369. The SMILES string of the molecule is CCOC(=O)c1ccc(-c2ccc(Cl)cc2Cl)nc1C. The zero-order valence-electron chi connectivity index (χ0n) is 11.1. The highest BCUT2D eigenvalue weighted by Crippen LogP contribution is 2.29. The Labute approximate surface area is 127 Å². The molecule has 0 atom stereocenters. The first kappa shape index (κ1) is 14.8. The van der Waals surface area contributed by atoms with E-state index in [2.05, 4.69) is 4.98 Å². The van der Waals surface area contributed by atoms with E-state index in [4.69, 9.17) is 27.9 Å². The smallest absolute Gasteiger partial charge is 0.339 e. The van der Waals surface area contributed by atoms with Crippen molar-refractivity contribution in [1.29, 1.82) is 0 Å². The van der Waals surface area contributed by atoms with Crippen LogP contribution in [0.4, 0.5) is 0 Å². The van der Waals surface area contributed by atoms with Crippen molar-refractivity contribution >= 4 is 29.2 Å². The lowest BCUT2D eigenvalue weighted by molar-refractivity contribution is 0.0525. The Hall–Kier alpha value is -1.58. The number of hydrogen-bond acceptors (Lipinski definition) is 3. The Morgan fingerprint density at radius 1 is 1.25 bits per heavy atom. The van der Waals surface area contributed by atoms with Crippen molar-refractivity contribution < 1.29 is 9.53 Å². The van der Waals surface area contributed by atoms with Crippen LogP contribution >= 0.6 is 23.2 Å². The first-order chi connectivity index (χ1) is 9.52. The molecule has 0 bridgehead atoms. The molecule has 0 radical (unpaired) electrons. The standard InChI is InChI=1S/C15H13Cl2NO2/c1-3-20-15(19)11-6-7-14(18-9(11)2)12-5-4-10(16)8-13(12)17/h4-8H,3H2,1-2H3. The quantitative estimate of drug-likeness (QED) is 0.781. The second-order valence-corrected chi connectivity index (χ2v) is 5.02. The third kappa shape index (κ3) is 3.11. The van der Waals surface area contributed by atoms with Crippen LogP contribution in [0, 0.1) is 6.92 Å². The molecule has 0 fully saturated rings. The molecule has 104 valence electrons. The molecular weight excluding hydrogens is 297 g/mol. The molecule has 0 aliphatic rings. The van der Waals surface area contributed by atoms with Crippen LogP contribution in [-0.4, -0.2) is 17.6 Å². The molecule has 0 saturated heterocycles. The Balaban J connectivity index is 2.40. The fourth-order valence-corrected chi connectivity index (χ4v) is 2.34. The van der Waals surface area contributed by atoms with E-state index in [0.29, 0.717) is 33.6 Å². The van der Waals surface area contributed by atoms with Gasteiger partial charge in [0.25, 0.3) is 0 Å². The van der Waals surface area contributed by atoms with Gasteiger partial charge in [-0.25, -0.2) is 4.79 Å². The lowest BCUT2D eigenvalue weighted by Crippen LogP contribution is -2.08. The fourth-order valence-electron chi connectivity index (χ4n) is 1.83. The van der Waals surface area contributed by atoms with Gasteiger partial charge in [-0.3, -0.25) is 4.98 Å². The van der Waals surface area contributed by atoms with Crippen molar-refractivity contribution in [2.24, 2.45) is 0 Å². The van der Waals surface area contributed by atoms with Gasteiger partial charge >= 0.3 is 5.97 Å². The molecule has 0 aliphatic heterocycles. The van der Waals surface area contributed by atoms with E-state index >= 15 is 0 Å². The Morgan fingerprint density at radius 2 is 2.00 bits per heavy atom. The zero-order valence-corrected chi connectivity index (χ0v) is 12.6. The molecule has 1 aromatic heterocycles. The molecule has 0 unspecified atom stereocenters. The van der Waals surface area contributed by atoms with Gasteiger partial charge in [0.15, 0.2) is 0 Å². The van der Waals surface area contributed by atoms with Crippen molar-refractivity contribution in [3.8, 4) is 11.3 Å². The maximum absolute atomic E-state index is 11.7. The highest BCUT2D eigenvalue weighted by molar-refractivity contribution is 6.36. The summed E-state index contributed by atoms with van der Waals surface area (Å²) < 4.78 is 4.97. The van der Waals surface area contributed by atoms with Gasteiger partial charge in [-0.2, -0.15) is 0 Å². The highest BCUT2D eigenvalue weighted by Gasteiger charge is 2.13. The van der Waals surface area contributed by atoms with Crippen LogP contribution in [0.5, 0.6) is 0 Å². The number of benzene rings is 1. The van der Waals surface area contributed by atoms with Crippen molar-refractivity contribution in [2.45, 2.75) is 13.8 Å². The highest BCUT2D eigenvalue weighted by atomic mass is 35.5. The van der Waals surface area contributed by atoms with E-state index < -0.39 is 0 Å². The maximum Gasteiger partial charge on any atom is 0.339 e. The van der Waals surface area contributed by atoms with E-state index in [1.54, 1.807) is 44.2 Å². The number of nitrogens with zero attached hydrogens (tertiary/aromatic N) is 1. The molecule has 0 aliphatic carbocycles. The van der Waals surface area contributed by atoms with Gasteiger partial charge in [-0.15, -0.1) is 0 Å². The first-order valence-corrected chi connectivity index (χ1v) is 6.88. The average molecular weight is 310 g/mol. The third-order valence-corrected chi connectivity index (χ3v) is 3.34. The van der Waals surface area contributed by atoms with Crippen LogP contribution in [0.2, 0.25) is 10.0 Å². The Kier molecular flexibility index (Phi) is 4.63. The van der Waals surface area contributed by atoms with Crippen LogP contribution < -0.4 is 0 Å². The predicted molar refractivity (Wildman–Crippen MR) is 80.4 cm³/mol. The van der Waals surface area contributed by atoms with Crippen molar-refractivity contribution in [3.63, 3.8) is 0 Å². The number of aryl methyl sites for hydroxylation is 1. The molecule has 0 amide bonds. The zero-order chi connectivity index (χ0) is 14.7. The number of rotatable bonds is 3. The number of aromatic nitrogens is 1. The van der Waals surface area contributed by atoms with Crippen molar-refractivity contribution in [2.75, 3.05) is 6.61 Å². The molecule has 1 heterocycles. The van der Waals surface area contributed by atoms with Crippen molar-refractivity contribution in [3.05, 3.63) is 51.6 Å². The average Bonchev–Trinajstić information content (AvgIpc) is 2.38. The maximum atomic E-state index is 11.7. The summed E-state index contributed by atoms with van der Waals surface area (Å²) in [6.07, 6.45) is 0. The molecule has 20 heavy (non-hydrogen) atoms. The summed E-state index contributed by atoms with van der Waals surface area (Å²) in [5.74, 6) is -0.369. The number of hydrogen-bond donors (Lipinski definition) is 0. The second kappa shape index (κ2) is 6.25. The molecule has 3 nitrogen and oxygen atoms in total. The number of ether oxygens (including phenoxy) is 1. The van der Waals surface area contributed by atoms with E-state index in [0.717, 1.165) is 5.56 Å². The van der Waals surface area contributed by atoms with Gasteiger partial charge in [0.05, 0.1) is 28.6 Å². The van der Waals surface area contributed by atoms with Crippen LogP contribution in [0.25, 0.3) is 11.3 Å². The Morgan fingerprint density at radius 3 is 2.60 bits per heavy atom. The minimum absolute atomic E-state index is 0.336. The van der Waals surface area contributed by atoms with Gasteiger partial charge in [-0.05, 0) is 44.2 Å². The second-order valence-electron chi connectivity index (χ2n) is 4.17. The summed E-state index contributed by atoms with van der Waals surface area (Å²) >= 11 is 12.0. The summed E-state index contributed by atoms with van der Waals surface area (Å²) in [5.41, 5.74) is 2.53. The number of pyridine rings is 1. The predicted octanol–water partition coefficient (Wildman–Crippen LogP) is 4.54. The monoisotopic (exact) mass is 309 g/mol. The Bertz CT molecular complexity index is 656. The number of carbonyl (C=O) groups is 1. The van der Waals surface area contributed by atoms with Gasteiger partial charge in [-0.1, -0.05) is 23.2 Å².